The lowest BCUT2D eigenvalue weighted by molar-refractivity contribution is 0.0933. The molecule has 1 aromatic heterocycles. The zero-order valence-corrected chi connectivity index (χ0v) is 17.0. The standard InChI is InChI=1S/C23H27N3O3/c1-28-20-12-10-15(14-21(20)29-2)22-25-18-11-9-16(13-19(18)26-22)23(27)24-17-7-5-3-4-6-8-17/h9-14,17H,3-8H2,1-2H3,(H,24,27)(H,25,26). The second-order valence-electron chi connectivity index (χ2n) is 7.55. The van der Waals surface area contributed by atoms with E-state index in [9.17, 15) is 4.79 Å². The van der Waals surface area contributed by atoms with E-state index >= 15 is 0 Å². The summed E-state index contributed by atoms with van der Waals surface area (Å²) in [6.45, 7) is 0. The lowest BCUT2D eigenvalue weighted by Gasteiger charge is -2.16. The molecule has 0 saturated heterocycles. The van der Waals surface area contributed by atoms with Crippen molar-refractivity contribution in [1.82, 2.24) is 15.3 Å². The summed E-state index contributed by atoms with van der Waals surface area (Å²) >= 11 is 0. The van der Waals surface area contributed by atoms with Crippen LogP contribution in [0.2, 0.25) is 0 Å². The van der Waals surface area contributed by atoms with E-state index in [0.29, 0.717) is 17.1 Å². The Morgan fingerprint density at radius 2 is 1.76 bits per heavy atom. The van der Waals surface area contributed by atoms with Crippen LogP contribution >= 0.6 is 0 Å². The first kappa shape index (κ1) is 19.3. The van der Waals surface area contributed by atoms with E-state index in [2.05, 4.69) is 15.3 Å². The Morgan fingerprint density at radius 1 is 1.00 bits per heavy atom. The molecular formula is C23H27N3O3. The number of H-pyrrole nitrogens is 1. The van der Waals surface area contributed by atoms with Gasteiger partial charge in [-0.1, -0.05) is 25.7 Å². The first-order chi connectivity index (χ1) is 14.2. The van der Waals surface area contributed by atoms with E-state index in [0.717, 1.165) is 35.3 Å². The van der Waals surface area contributed by atoms with Gasteiger partial charge in [0.1, 0.15) is 5.82 Å². The number of carbonyl (C=O) groups is 1. The molecule has 1 saturated carbocycles. The molecule has 4 rings (SSSR count). The zero-order valence-electron chi connectivity index (χ0n) is 17.0. The number of fused-ring (bicyclic) bond motifs is 1. The number of carbonyl (C=O) groups excluding carboxylic acids is 1. The summed E-state index contributed by atoms with van der Waals surface area (Å²) in [5, 5.41) is 3.20. The van der Waals surface area contributed by atoms with Crippen LogP contribution in [0, 0.1) is 0 Å². The van der Waals surface area contributed by atoms with Crippen LogP contribution in [0.15, 0.2) is 36.4 Å². The van der Waals surface area contributed by atoms with Gasteiger partial charge in [-0.05, 0) is 49.2 Å². The van der Waals surface area contributed by atoms with Crippen LogP contribution in [0.5, 0.6) is 11.5 Å². The largest absolute Gasteiger partial charge is 0.493 e. The Bertz CT molecular complexity index is 1000. The molecule has 29 heavy (non-hydrogen) atoms. The maximum Gasteiger partial charge on any atom is 0.251 e. The van der Waals surface area contributed by atoms with Crippen molar-refractivity contribution in [3.8, 4) is 22.9 Å². The number of nitrogens with zero attached hydrogens (tertiary/aromatic N) is 1. The molecule has 1 aliphatic carbocycles. The molecule has 0 unspecified atom stereocenters. The normalized spacial score (nSPS) is 15.1. The van der Waals surface area contributed by atoms with Crippen LogP contribution in [-0.2, 0) is 0 Å². The highest BCUT2D eigenvalue weighted by molar-refractivity contribution is 5.97. The number of rotatable bonds is 5. The number of hydrogen-bond donors (Lipinski definition) is 2. The maximum absolute atomic E-state index is 12.7. The SMILES string of the molecule is COc1ccc(-c2nc3ccc(C(=O)NC4CCCCCC4)cc3[nH]2)cc1OC. The lowest BCUT2D eigenvalue weighted by Crippen LogP contribution is -2.34. The molecule has 0 radical (unpaired) electrons. The summed E-state index contributed by atoms with van der Waals surface area (Å²) in [4.78, 5) is 20.7. The average Bonchev–Trinajstić information content (AvgIpc) is 3.02. The van der Waals surface area contributed by atoms with Gasteiger partial charge >= 0.3 is 0 Å². The summed E-state index contributed by atoms with van der Waals surface area (Å²) in [6.07, 6.45) is 7.07. The second-order valence-corrected chi connectivity index (χ2v) is 7.55. The van der Waals surface area contributed by atoms with Gasteiger partial charge in [0.05, 0.1) is 25.3 Å². The Kier molecular flexibility index (Phi) is 5.69. The van der Waals surface area contributed by atoms with Crippen molar-refractivity contribution in [1.29, 1.82) is 0 Å². The van der Waals surface area contributed by atoms with Gasteiger partial charge in [0, 0.05) is 17.2 Å². The number of aromatic nitrogens is 2. The van der Waals surface area contributed by atoms with Crippen molar-refractivity contribution >= 4 is 16.9 Å². The molecule has 0 aliphatic heterocycles. The van der Waals surface area contributed by atoms with Gasteiger partial charge in [0.25, 0.3) is 5.91 Å². The number of benzene rings is 2. The predicted octanol–water partition coefficient (Wildman–Crippen LogP) is 4.70. The molecule has 3 aromatic rings. The molecule has 6 nitrogen and oxygen atoms in total. The Labute approximate surface area is 170 Å². The van der Waals surface area contributed by atoms with Crippen molar-refractivity contribution in [3.05, 3.63) is 42.0 Å². The Balaban J connectivity index is 1.57. The van der Waals surface area contributed by atoms with Crippen LogP contribution in [-0.4, -0.2) is 36.1 Å². The highest BCUT2D eigenvalue weighted by Gasteiger charge is 2.17. The quantitative estimate of drug-likeness (QED) is 0.616. The number of ether oxygens (including phenoxy) is 2. The molecule has 2 aromatic carbocycles. The maximum atomic E-state index is 12.7. The number of methoxy groups -OCH3 is 2. The van der Waals surface area contributed by atoms with Crippen molar-refractivity contribution in [2.45, 2.75) is 44.6 Å². The van der Waals surface area contributed by atoms with Crippen molar-refractivity contribution in [3.63, 3.8) is 0 Å². The molecule has 152 valence electrons. The van der Waals surface area contributed by atoms with E-state index < -0.39 is 0 Å². The van der Waals surface area contributed by atoms with E-state index in [1.807, 2.05) is 36.4 Å². The van der Waals surface area contributed by atoms with Crippen LogP contribution in [0.3, 0.4) is 0 Å². The van der Waals surface area contributed by atoms with Gasteiger partial charge in [-0.2, -0.15) is 0 Å². The molecule has 0 atom stereocenters. The van der Waals surface area contributed by atoms with Gasteiger partial charge in [-0.25, -0.2) is 4.98 Å². The topological polar surface area (TPSA) is 76.2 Å². The van der Waals surface area contributed by atoms with Gasteiger partial charge in [0.2, 0.25) is 0 Å². The van der Waals surface area contributed by atoms with Crippen LogP contribution in [0.4, 0.5) is 0 Å². The summed E-state index contributed by atoms with van der Waals surface area (Å²) in [7, 11) is 3.22. The van der Waals surface area contributed by atoms with Crippen molar-refractivity contribution < 1.29 is 14.3 Å². The van der Waals surface area contributed by atoms with E-state index in [-0.39, 0.29) is 11.9 Å². The third kappa shape index (κ3) is 4.21. The third-order valence-corrected chi connectivity index (χ3v) is 5.59. The minimum atomic E-state index is -0.0129. The van der Waals surface area contributed by atoms with Gasteiger partial charge in [-0.15, -0.1) is 0 Å². The molecule has 0 bridgehead atoms. The number of imidazole rings is 1. The highest BCUT2D eigenvalue weighted by Crippen LogP contribution is 2.32. The number of amides is 1. The van der Waals surface area contributed by atoms with E-state index in [4.69, 9.17) is 9.47 Å². The fourth-order valence-electron chi connectivity index (χ4n) is 3.96. The first-order valence-corrected chi connectivity index (χ1v) is 10.2. The molecule has 1 aliphatic rings. The van der Waals surface area contributed by atoms with Crippen LogP contribution in [0.25, 0.3) is 22.4 Å². The average molecular weight is 393 g/mol. The van der Waals surface area contributed by atoms with Gasteiger partial charge < -0.3 is 19.8 Å². The number of aromatic amines is 1. The summed E-state index contributed by atoms with van der Waals surface area (Å²) < 4.78 is 10.7. The summed E-state index contributed by atoms with van der Waals surface area (Å²) in [5.74, 6) is 2.03. The van der Waals surface area contributed by atoms with Crippen molar-refractivity contribution in [2.24, 2.45) is 0 Å². The number of hydrogen-bond acceptors (Lipinski definition) is 4. The zero-order chi connectivity index (χ0) is 20.2. The van der Waals surface area contributed by atoms with Crippen LogP contribution < -0.4 is 14.8 Å². The lowest BCUT2D eigenvalue weighted by atomic mass is 10.1. The monoisotopic (exact) mass is 393 g/mol. The minimum Gasteiger partial charge on any atom is -0.493 e. The number of nitrogens with one attached hydrogen (secondary N) is 2. The Hall–Kier alpha value is -3.02. The molecule has 1 fully saturated rings. The molecule has 0 spiro atoms. The van der Waals surface area contributed by atoms with Gasteiger partial charge in [0.15, 0.2) is 11.5 Å². The van der Waals surface area contributed by atoms with Crippen LogP contribution in [0.1, 0.15) is 48.9 Å². The molecule has 1 amide bonds. The molecule has 1 heterocycles. The molecule has 2 N–H and O–H groups in total. The Morgan fingerprint density at radius 3 is 2.48 bits per heavy atom. The second kappa shape index (κ2) is 8.55. The first-order valence-electron chi connectivity index (χ1n) is 10.2. The molecule has 6 heteroatoms. The van der Waals surface area contributed by atoms with E-state index in [1.165, 1.54) is 25.7 Å². The smallest absolute Gasteiger partial charge is 0.251 e. The fraction of sp³-hybridized carbons (Fsp3) is 0.391. The van der Waals surface area contributed by atoms with Gasteiger partial charge in [-0.3, -0.25) is 4.79 Å². The summed E-state index contributed by atoms with van der Waals surface area (Å²) in [5.41, 5.74) is 3.21. The van der Waals surface area contributed by atoms with E-state index in [1.54, 1.807) is 14.2 Å². The minimum absolute atomic E-state index is 0.0129. The third-order valence-electron chi connectivity index (χ3n) is 5.59. The highest BCUT2D eigenvalue weighted by atomic mass is 16.5. The van der Waals surface area contributed by atoms with Crippen molar-refractivity contribution in [2.75, 3.05) is 14.2 Å². The summed E-state index contributed by atoms with van der Waals surface area (Å²) in [6, 6.07) is 11.6. The predicted molar refractivity (Wildman–Crippen MR) is 114 cm³/mol. The molecular weight excluding hydrogens is 366 g/mol. The fourth-order valence-corrected chi connectivity index (χ4v) is 3.96.